The van der Waals surface area contributed by atoms with Crippen LogP contribution in [-0.2, 0) is 6.42 Å². The van der Waals surface area contributed by atoms with Gasteiger partial charge in [0.1, 0.15) is 10.8 Å². The van der Waals surface area contributed by atoms with Crippen LogP contribution in [0.4, 0.5) is 5.82 Å². The molecule has 0 radical (unpaired) electrons. The third-order valence-corrected chi connectivity index (χ3v) is 5.64. The number of hydrogen-bond donors (Lipinski definition) is 2. The van der Waals surface area contributed by atoms with Gasteiger partial charge in [-0.1, -0.05) is 54.6 Å². The second-order valence-corrected chi connectivity index (χ2v) is 7.47. The van der Waals surface area contributed by atoms with Gasteiger partial charge in [-0.3, -0.25) is 9.78 Å². The van der Waals surface area contributed by atoms with Crippen molar-refractivity contribution in [3.8, 4) is 21.0 Å². The van der Waals surface area contributed by atoms with Crippen LogP contribution in [0.25, 0.3) is 21.0 Å². The maximum Gasteiger partial charge on any atom is 0.252 e. The molecular weight excluding hydrogens is 380 g/mol. The van der Waals surface area contributed by atoms with Gasteiger partial charge in [0.25, 0.3) is 5.91 Å². The normalized spacial score (nSPS) is 10.6. The maximum absolute atomic E-state index is 12.8. The maximum atomic E-state index is 12.8. The van der Waals surface area contributed by atoms with Crippen LogP contribution in [0.3, 0.4) is 0 Å². The summed E-state index contributed by atoms with van der Waals surface area (Å²) in [5.74, 6) is 0.341. The topological polar surface area (TPSA) is 80.9 Å². The molecule has 144 valence electrons. The molecule has 5 nitrogen and oxygen atoms in total. The van der Waals surface area contributed by atoms with Gasteiger partial charge in [0.2, 0.25) is 0 Å². The molecule has 0 bridgehead atoms. The van der Waals surface area contributed by atoms with E-state index >= 15 is 0 Å². The highest BCUT2D eigenvalue weighted by molar-refractivity contribution is 7.19. The second kappa shape index (κ2) is 8.67. The summed E-state index contributed by atoms with van der Waals surface area (Å²) in [6, 6.07) is 23.1. The quantitative estimate of drug-likeness (QED) is 0.502. The Morgan fingerprint density at radius 2 is 1.72 bits per heavy atom. The highest BCUT2D eigenvalue weighted by Gasteiger charge is 2.17. The number of aromatic nitrogens is 2. The van der Waals surface area contributed by atoms with Crippen LogP contribution >= 0.6 is 11.3 Å². The Kier molecular flexibility index (Phi) is 5.63. The monoisotopic (exact) mass is 400 g/mol. The number of nitrogens with two attached hydrogens (primary N) is 1. The fourth-order valence-corrected chi connectivity index (χ4v) is 4.09. The first kappa shape index (κ1) is 18.8. The van der Waals surface area contributed by atoms with Crippen molar-refractivity contribution >= 4 is 23.1 Å². The van der Waals surface area contributed by atoms with Crippen molar-refractivity contribution in [1.29, 1.82) is 0 Å². The van der Waals surface area contributed by atoms with E-state index in [0.29, 0.717) is 24.3 Å². The Morgan fingerprint density at radius 3 is 2.52 bits per heavy atom. The van der Waals surface area contributed by atoms with Crippen LogP contribution in [-0.4, -0.2) is 22.4 Å². The molecule has 0 saturated carbocycles. The molecule has 1 amide bonds. The average Bonchev–Trinajstić information content (AvgIpc) is 3.16. The molecular formula is C23H20N4OS. The molecule has 0 unspecified atom stereocenters. The lowest BCUT2D eigenvalue weighted by Crippen LogP contribution is -2.26. The number of amides is 1. The number of carbonyl (C=O) groups excluding carboxylic acids is 1. The lowest BCUT2D eigenvalue weighted by Gasteiger charge is -2.08. The van der Waals surface area contributed by atoms with Crippen molar-refractivity contribution in [1.82, 2.24) is 15.3 Å². The fourth-order valence-electron chi connectivity index (χ4n) is 3.06. The molecule has 0 spiro atoms. The first-order valence-electron chi connectivity index (χ1n) is 9.31. The Morgan fingerprint density at radius 1 is 0.966 bits per heavy atom. The number of nitrogens with zero attached hydrogens (tertiary/aromatic N) is 2. The Labute approximate surface area is 173 Å². The van der Waals surface area contributed by atoms with Crippen LogP contribution in [0, 0.1) is 0 Å². The van der Waals surface area contributed by atoms with E-state index in [0.717, 1.165) is 26.7 Å². The van der Waals surface area contributed by atoms with Crippen molar-refractivity contribution in [2.24, 2.45) is 0 Å². The minimum absolute atomic E-state index is 0.133. The van der Waals surface area contributed by atoms with Gasteiger partial charge >= 0.3 is 0 Å². The molecule has 0 atom stereocenters. The fraction of sp³-hybridized carbons (Fsp3) is 0.0870. The third kappa shape index (κ3) is 4.33. The van der Waals surface area contributed by atoms with Crippen molar-refractivity contribution in [3.63, 3.8) is 0 Å². The van der Waals surface area contributed by atoms with E-state index in [4.69, 9.17) is 5.73 Å². The molecule has 0 fully saturated rings. The predicted octanol–water partition coefficient (Wildman–Crippen LogP) is 4.43. The van der Waals surface area contributed by atoms with Gasteiger partial charge in [-0.05, 0) is 23.8 Å². The van der Waals surface area contributed by atoms with Gasteiger partial charge in [-0.15, -0.1) is 11.3 Å². The number of thiazole rings is 1. The molecule has 2 aromatic heterocycles. The summed E-state index contributed by atoms with van der Waals surface area (Å²) in [6.45, 7) is 0.513. The molecule has 0 aliphatic heterocycles. The Bertz CT molecular complexity index is 1110. The van der Waals surface area contributed by atoms with Gasteiger partial charge in [0.15, 0.2) is 0 Å². The van der Waals surface area contributed by atoms with E-state index in [1.165, 1.54) is 11.3 Å². The zero-order valence-electron chi connectivity index (χ0n) is 15.7. The Balaban J connectivity index is 1.55. The Hall–Kier alpha value is -3.51. The number of pyridine rings is 1. The first-order valence-corrected chi connectivity index (χ1v) is 10.1. The highest BCUT2D eigenvalue weighted by atomic mass is 32.1. The summed E-state index contributed by atoms with van der Waals surface area (Å²) in [6.07, 6.45) is 2.43. The summed E-state index contributed by atoms with van der Waals surface area (Å²) >= 11 is 1.49. The number of nitrogen functional groups attached to an aromatic ring is 1. The van der Waals surface area contributed by atoms with Crippen LogP contribution < -0.4 is 11.1 Å². The molecule has 4 rings (SSSR count). The van der Waals surface area contributed by atoms with Gasteiger partial charge in [-0.25, -0.2) is 4.98 Å². The van der Waals surface area contributed by atoms with E-state index in [9.17, 15) is 4.79 Å². The molecule has 4 aromatic rings. The summed E-state index contributed by atoms with van der Waals surface area (Å²) in [4.78, 5) is 22.5. The zero-order chi connectivity index (χ0) is 20.1. The SMILES string of the molecule is Nc1nc(-c2ccccc2C(=O)NCCc2ccccn2)sc1-c1ccccc1. The highest BCUT2D eigenvalue weighted by Crippen LogP contribution is 2.38. The standard InChI is InChI=1S/C23H20N4OS/c24-21-20(16-8-2-1-3-9-16)29-23(27-21)19-12-5-4-11-18(19)22(28)26-15-13-17-10-6-7-14-25-17/h1-12,14H,13,15,24H2,(H,26,28). The van der Waals surface area contributed by atoms with E-state index in [1.807, 2.05) is 72.8 Å². The molecule has 0 aliphatic carbocycles. The summed E-state index contributed by atoms with van der Waals surface area (Å²) in [5, 5.41) is 3.71. The number of rotatable bonds is 6. The number of nitrogens with one attached hydrogen (secondary N) is 1. The van der Waals surface area contributed by atoms with E-state index in [2.05, 4.69) is 15.3 Å². The van der Waals surface area contributed by atoms with Crippen LogP contribution in [0.5, 0.6) is 0 Å². The molecule has 0 saturated heterocycles. The third-order valence-electron chi connectivity index (χ3n) is 4.48. The molecule has 6 heteroatoms. The largest absolute Gasteiger partial charge is 0.382 e. The van der Waals surface area contributed by atoms with Gasteiger partial charge in [0.05, 0.1) is 4.88 Å². The summed E-state index contributed by atoms with van der Waals surface area (Å²) < 4.78 is 0. The predicted molar refractivity (Wildman–Crippen MR) is 118 cm³/mol. The van der Waals surface area contributed by atoms with Gasteiger partial charge < -0.3 is 11.1 Å². The lowest BCUT2D eigenvalue weighted by molar-refractivity contribution is 0.0954. The van der Waals surface area contributed by atoms with Crippen molar-refractivity contribution in [2.45, 2.75) is 6.42 Å². The number of benzene rings is 2. The second-order valence-electron chi connectivity index (χ2n) is 6.47. The number of hydrogen-bond acceptors (Lipinski definition) is 5. The zero-order valence-corrected chi connectivity index (χ0v) is 16.5. The van der Waals surface area contributed by atoms with E-state index in [1.54, 1.807) is 6.20 Å². The van der Waals surface area contributed by atoms with Gasteiger partial charge in [0, 0.05) is 36.0 Å². The minimum atomic E-state index is -0.133. The van der Waals surface area contributed by atoms with Gasteiger partial charge in [-0.2, -0.15) is 0 Å². The molecule has 2 heterocycles. The lowest BCUT2D eigenvalue weighted by atomic mass is 10.1. The molecule has 3 N–H and O–H groups in total. The van der Waals surface area contributed by atoms with Crippen molar-refractivity contribution in [3.05, 3.63) is 90.3 Å². The molecule has 29 heavy (non-hydrogen) atoms. The summed E-state index contributed by atoms with van der Waals surface area (Å²) in [7, 11) is 0. The van der Waals surface area contributed by atoms with Crippen LogP contribution in [0.15, 0.2) is 79.0 Å². The van der Waals surface area contributed by atoms with E-state index in [-0.39, 0.29) is 5.91 Å². The summed E-state index contributed by atoms with van der Waals surface area (Å²) in [5.41, 5.74) is 9.50. The van der Waals surface area contributed by atoms with Crippen molar-refractivity contribution < 1.29 is 4.79 Å². The minimum Gasteiger partial charge on any atom is -0.382 e. The molecule has 0 aliphatic rings. The van der Waals surface area contributed by atoms with Crippen LogP contribution in [0.1, 0.15) is 16.1 Å². The van der Waals surface area contributed by atoms with E-state index < -0.39 is 0 Å². The first-order chi connectivity index (χ1) is 14.2. The smallest absolute Gasteiger partial charge is 0.252 e. The number of anilines is 1. The number of carbonyl (C=O) groups is 1. The van der Waals surface area contributed by atoms with Crippen LogP contribution in [0.2, 0.25) is 0 Å². The average molecular weight is 401 g/mol. The van der Waals surface area contributed by atoms with Crippen molar-refractivity contribution in [2.75, 3.05) is 12.3 Å². The molecule has 2 aromatic carbocycles.